The fraction of sp³-hybridized carbons (Fsp3) is 0.571. The molecular weight excluding hydrogens is 212 g/mol. The lowest BCUT2D eigenvalue weighted by atomic mass is 9.77. The first-order valence-corrected chi connectivity index (χ1v) is 6.38. The average molecular weight is 234 g/mol. The molecule has 0 aromatic heterocycles. The maximum Gasteiger partial charge on any atom is 0.0885 e. The molecule has 1 aromatic rings. The molecule has 0 spiro atoms. The third-order valence-corrected chi connectivity index (χ3v) is 3.93. The van der Waals surface area contributed by atoms with Gasteiger partial charge in [-0.15, -0.1) is 0 Å². The van der Waals surface area contributed by atoms with Gasteiger partial charge in [0, 0.05) is 7.11 Å². The second-order valence-electron chi connectivity index (χ2n) is 4.84. The molecule has 1 aromatic carbocycles. The first-order chi connectivity index (χ1) is 8.32. The zero-order valence-electron chi connectivity index (χ0n) is 10.5. The maximum absolute atomic E-state index is 5.84. The van der Waals surface area contributed by atoms with E-state index in [4.69, 9.17) is 10.6 Å². The van der Waals surface area contributed by atoms with E-state index in [1.807, 2.05) is 18.2 Å². The fourth-order valence-electron chi connectivity index (χ4n) is 2.96. The van der Waals surface area contributed by atoms with E-state index in [0.29, 0.717) is 0 Å². The molecule has 1 atom stereocenters. The van der Waals surface area contributed by atoms with Crippen molar-refractivity contribution in [3.05, 3.63) is 35.9 Å². The third kappa shape index (κ3) is 2.51. The van der Waals surface area contributed by atoms with Gasteiger partial charge in [0.1, 0.15) is 0 Å². The highest BCUT2D eigenvalue weighted by molar-refractivity contribution is 5.22. The molecule has 3 N–H and O–H groups in total. The standard InChI is InChI=1S/C14H22N2O/c1-17-14(10-6-3-7-11-14)13(16-15)12-8-4-2-5-9-12/h2,4-5,8-9,13,16H,3,6-7,10-11,15H2,1H3. The highest BCUT2D eigenvalue weighted by Gasteiger charge is 2.40. The molecule has 1 fully saturated rings. The van der Waals surface area contributed by atoms with Gasteiger partial charge in [-0.05, 0) is 18.4 Å². The van der Waals surface area contributed by atoms with E-state index in [1.165, 1.54) is 24.8 Å². The van der Waals surface area contributed by atoms with Gasteiger partial charge in [0.15, 0.2) is 0 Å². The van der Waals surface area contributed by atoms with Crippen LogP contribution in [0.3, 0.4) is 0 Å². The molecule has 2 rings (SSSR count). The van der Waals surface area contributed by atoms with Gasteiger partial charge >= 0.3 is 0 Å². The summed E-state index contributed by atoms with van der Waals surface area (Å²) in [6.45, 7) is 0. The van der Waals surface area contributed by atoms with Crippen LogP contribution in [0, 0.1) is 0 Å². The Morgan fingerprint density at radius 3 is 2.35 bits per heavy atom. The Labute approximate surface area is 103 Å². The van der Waals surface area contributed by atoms with Crippen LogP contribution in [0.25, 0.3) is 0 Å². The van der Waals surface area contributed by atoms with Crippen molar-refractivity contribution in [2.75, 3.05) is 7.11 Å². The molecule has 0 bridgehead atoms. The van der Waals surface area contributed by atoms with E-state index in [-0.39, 0.29) is 11.6 Å². The molecule has 0 radical (unpaired) electrons. The summed E-state index contributed by atoms with van der Waals surface area (Å²) in [5.41, 5.74) is 4.02. The van der Waals surface area contributed by atoms with E-state index in [1.54, 1.807) is 7.11 Å². The Kier molecular flexibility index (Phi) is 4.15. The molecule has 0 amide bonds. The van der Waals surface area contributed by atoms with E-state index < -0.39 is 0 Å². The van der Waals surface area contributed by atoms with Gasteiger partial charge in [-0.2, -0.15) is 0 Å². The molecule has 1 saturated carbocycles. The number of benzene rings is 1. The van der Waals surface area contributed by atoms with Crippen LogP contribution >= 0.6 is 0 Å². The Balaban J connectivity index is 2.26. The summed E-state index contributed by atoms with van der Waals surface area (Å²) in [5.74, 6) is 5.77. The second-order valence-corrected chi connectivity index (χ2v) is 4.84. The number of rotatable bonds is 4. The SMILES string of the molecule is COC1(C(NN)c2ccccc2)CCCCC1. The molecule has 1 aliphatic carbocycles. The molecule has 0 saturated heterocycles. The van der Waals surface area contributed by atoms with Crippen LogP contribution in [0.15, 0.2) is 30.3 Å². The van der Waals surface area contributed by atoms with Gasteiger partial charge in [-0.25, -0.2) is 0 Å². The van der Waals surface area contributed by atoms with E-state index in [0.717, 1.165) is 12.8 Å². The molecule has 17 heavy (non-hydrogen) atoms. The van der Waals surface area contributed by atoms with Gasteiger partial charge in [0.25, 0.3) is 0 Å². The van der Waals surface area contributed by atoms with Crippen molar-refractivity contribution in [3.63, 3.8) is 0 Å². The Hall–Kier alpha value is -0.900. The van der Waals surface area contributed by atoms with Crippen LogP contribution in [0.2, 0.25) is 0 Å². The number of methoxy groups -OCH3 is 1. The normalized spacial score (nSPS) is 21.1. The number of hydrazine groups is 1. The predicted molar refractivity (Wildman–Crippen MR) is 69.3 cm³/mol. The predicted octanol–water partition coefficient (Wildman–Crippen LogP) is 2.54. The number of nitrogens with one attached hydrogen (secondary N) is 1. The van der Waals surface area contributed by atoms with Crippen molar-refractivity contribution in [1.29, 1.82) is 0 Å². The first-order valence-electron chi connectivity index (χ1n) is 6.38. The molecule has 0 aliphatic heterocycles. The van der Waals surface area contributed by atoms with Crippen LogP contribution in [-0.2, 0) is 4.74 Å². The molecular formula is C14H22N2O. The third-order valence-electron chi connectivity index (χ3n) is 3.93. The summed E-state index contributed by atoms with van der Waals surface area (Å²) in [4.78, 5) is 0. The second kappa shape index (κ2) is 5.63. The van der Waals surface area contributed by atoms with E-state index >= 15 is 0 Å². The lowest BCUT2D eigenvalue weighted by Gasteiger charge is -2.42. The van der Waals surface area contributed by atoms with E-state index in [2.05, 4.69) is 17.6 Å². The lowest BCUT2D eigenvalue weighted by molar-refractivity contribution is -0.0688. The van der Waals surface area contributed by atoms with Crippen LogP contribution in [-0.4, -0.2) is 12.7 Å². The van der Waals surface area contributed by atoms with Gasteiger partial charge in [-0.3, -0.25) is 11.3 Å². The number of hydrogen-bond acceptors (Lipinski definition) is 3. The van der Waals surface area contributed by atoms with Gasteiger partial charge in [0.2, 0.25) is 0 Å². The van der Waals surface area contributed by atoms with Crippen LogP contribution in [0.4, 0.5) is 0 Å². The summed E-state index contributed by atoms with van der Waals surface area (Å²) in [6, 6.07) is 10.4. The lowest BCUT2D eigenvalue weighted by Crippen LogP contribution is -2.49. The topological polar surface area (TPSA) is 47.3 Å². The summed E-state index contributed by atoms with van der Waals surface area (Å²) in [7, 11) is 1.80. The fourth-order valence-corrected chi connectivity index (χ4v) is 2.96. The summed E-state index contributed by atoms with van der Waals surface area (Å²) >= 11 is 0. The largest absolute Gasteiger partial charge is 0.376 e. The number of ether oxygens (including phenoxy) is 1. The van der Waals surface area contributed by atoms with Gasteiger partial charge in [0.05, 0.1) is 11.6 Å². The van der Waals surface area contributed by atoms with Crippen molar-refractivity contribution >= 4 is 0 Å². The summed E-state index contributed by atoms with van der Waals surface area (Å²) < 4.78 is 5.84. The van der Waals surface area contributed by atoms with Gasteiger partial charge in [-0.1, -0.05) is 49.6 Å². The van der Waals surface area contributed by atoms with Gasteiger partial charge < -0.3 is 4.74 Å². The van der Waals surface area contributed by atoms with Crippen molar-refractivity contribution in [1.82, 2.24) is 5.43 Å². The van der Waals surface area contributed by atoms with E-state index in [9.17, 15) is 0 Å². The monoisotopic (exact) mass is 234 g/mol. The molecule has 3 heteroatoms. The zero-order chi connectivity index (χ0) is 12.1. The van der Waals surface area contributed by atoms with Crippen LogP contribution in [0.5, 0.6) is 0 Å². The van der Waals surface area contributed by atoms with Crippen molar-refractivity contribution in [2.45, 2.75) is 43.7 Å². The van der Waals surface area contributed by atoms with Crippen LogP contribution in [0.1, 0.15) is 43.7 Å². The highest BCUT2D eigenvalue weighted by atomic mass is 16.5. The number of nitrogens with two attached hydrogens (primary N) is 1. The maximum atomic E-state index is 5.84. The number of hydrogen-bond donors (Lipinski definition) is 2. The molecule has 3 nitrogen and oxygen atoms in total. The van der Waals surface area contributed by atoms with Crippen molar-refractivity contribution < 1.29 is 4.74 Å². The zero-order valence-corrected chi connectivity index (χ0v) is 10.5. The Morgan fingerprint density at radius 2 is 1.82 bits per heavy atom. The smallest absolute Gasteiger partial charge is 0.0885 e. The molecule has 1 aliphatic rings. The van der Waals surface area contributed by atoms with Crippen molar-refractivity contribution in [2.24, 2.45) is 5.84 Å². The highest BCUT2D eigenvalue weighted by Crippen LogP contribution is 2.40. The minimum atomic E-state index is -0.144. The molecule has 1 unspecified atom stereocenters. The van der Waals surface area contributed by atoms with Crippen molar-refractivity contribution in [3.8, 4) is 0 Å². The quantitative estimate of drug-likeness (QED) is 0.621. The Morgan fingerprint density at radius 1 is 1.18 bits per heavy atom. The van der Waals surface area contributed by atoms with Crippen LogP contribution < -0.4 is 11.3 Å². The average Bonchev–Trinajstić information content (AvgIpc) is 2.42. The molecule has 0 heterocycles. The minimum Gasteiger partial charge on any atom is -0.376 e. The minimum absolute atomic E-state index is 0.0778. The molecule has 94 valence electrons. The Bertz CT molecular complexity index is 333. The first kappa shape index (κ1) is 12.6. The summed E-state index contributed by atoms with van der Waals surface area (Å²) in [6.07, 6.45) is 5.90. The summed E-state index contributed by atoms with van der Waals surface area (Å²) in [5, 5.41) is 0.